The summed E-state index contributed by atoms with van der Waals surface area (Å²) in [7, 11) is 0. The lowest BCUT2D eigenvalue weighted by Crippen LogP contribution is -2.38. The molecule has 0 aromatic heterocycles. The van der Waals surface area contributed by atoms with Crippen molar-refractivity contribution in [2.45, 2.75) is 13.0 Å². The Balaban J connectivity index is 1.97. The Kier molecular flexibility index (Phi) is 4.50. The summed E-state index contributed by atoms with van der Waals surface area (Å²) in [6.07, 6.45) is 0.682. The molecular formula is C18H17BrN2O2. The second-order valence-corrected chi connectivity index (χ2v) is 6.09. The molecule has 1 atom stereocenters. The smallest absolute Gasteiger partial charge is 0.274 e. The number of hydrogen-bond acceptors (Lipinski definition) is 3. The Morgan fingerprint density at radius 2 is 1.91 bits per heavy atom. The van der Waals surface area contributed by atoms with Gasteiger partial charge in [0.05, 0.1) is 11.4 Å². The van der Waals surface area contributed by atoms with E-state index in [9.17, 15) is 9.90 Å². The first-order valence-corrected chi connectivity index (χ1v) is 8.23. The number of hydrogen-bond donors (Lipinski definition) is 2. The number of amides is 1. The van der Waals surface area contributed by atoms with E-state index in [4.69, 9.17) is 0 Å². The van der Waals surface area contributed by atoms with Crippen LogP contribution < -0.4 is 10.2 Å². The van der Waals surface area contributed by atoms with Crippen molar-refractivity contribution in [1.82, 2.24) is 0 Å². The fourth-order valence-electron chi connectivity index (χ4n) is 2.66. The molecule has 4 nitrogen and oxygen atoms in total. The summed E-state index contributed by atoms with van der Waals surface area (Å²) in [5.74, 6) is -0.141. The zero-order valence-corrected chi connectivity index (χ0v) is 14.2. The molecule has 23 heavy (non-hydrogen) atoms. The highest BCUT2D eigenvalue weighted by Gasteiger charge is 2.27. The maximum atomic E-state index is 12.6. The van der Waals surface area contributed by atoms with Crippen LogP contribution in [0, 0.1) is 0 Å². The standard InChI is InChI=1S/C18H17BrN2O2/c1-2-21-16-10-6-5-9-14(16)20-15(18(21)23)11-17(22)12-7-3-4-8-13(12)19/h3-11,17,20,22H,2H2,1H3/b15-11-. The van der Waals surface area contributed by atoms with E-state index in [1.165, 1.54) is 0 Å². The summed E-state index contributed by atoms with van der Waals surface area (Å²) in [6, 6.07) is 15.1. The monoisotopic (exact) mass is 372 g/mol. The second-order valence-electron chi connectivity index (χ2n) is 5.24. The molecule has 0 saturated heterocycles. The van der Waals surface area contributed by atoms with Gasteiger partial charge in [0.1, 0.15) is 11.8 Å². The topological polar surface area (TPSA) is 52.6 Å². The number of rotatable bonds is 3. The Morgan fingerprint density at radius 3 is 2.65 bits per heavy atom. The third-order valence-corrected chi connectivity index (χ3v) is 4.53. The second kappa shape index (κ2) is 6.56. The van der Waals surface area contributed by atoms with E-state index < -0.39 is 6.10 Å². The van der Waals surface area contributed by atoms with Crippen molar-refractivity contribution in [2.75, 3.05) is 16.8 Å². The van der Waals surface area contributed by atoms with Crippen LogP contribution in [-0.4, -0.2) is 17.6 Å². The SMILES string of the molecule is CCN1C(=O)/C(=C/C(O)c2ccccc2Br)Nc2ccccc21. The van der Waals surface area contributed by atoms with Gasteiger partial charge in [-0.05, 0) is 36.8 Å². The molecule has 2 aromatic carbocycles. The molecule has 1 amide bonds. The lowest BCUT2D eigenvalue weighted by atomic mass is 10.1. The summed E-state index contributed by atoms with van der Waals surface area (Å²) in [5.41, 5.74) is 2.82. The zero-order chi connectivity index (χ0) is 16.4. The first kappa shape index (κ1) is 15.8. The van der Waals surface area contributed by atoms with E-state index in [0.717, 1.165) is 21.4 Å². The highest BCUT2D eigenvalue weighted by molar-refractivity contribution is 9.10. The van der Waals surface area contributed by atoms with E-state index in [2.05, 4.69) is 21.2 Å². The lowest BCUT2D eigenvalue weighted by molar-refractivity contribution is -0.115. The van der Waals surface area contributed by atoms with Crippen molar-refractivity contribution < 1.29 is 9.90 Å². The average Bonchev–Trinajstić information content (AvgIpc) is 2.56. The van der Waals surface area contributed by atoms with Gasteiger partial charge in [-0.3, -0.25) is 4.79 Å². The molecule has 0 saturated carbocycles. The van der Waals surface area contributed by atoms with Gasteiger partial charge in [0.25, 0.3) is 5.91 Å². The molecule has 0 radical (unpaired) electrons. The molecule has 0 spiro atoms. The van der Waals surface area contributed by atoms with E-state index in [1.54, 1.807) is 11.0 Å². The maximum absolute atomic E-state index is 12.6. The predicted octanol–water partition coefficient (Wildman–Crippen LogP) is 3.85. The normalized spacial score (nSPS) is 16.9. The van der Waals surface area contributed by atoms with Crippen molar-refractivity contribution in [3.05, 3.63) is 70.3 Å². The number of carbonyl (C=O) groups excluding carboxylic acids is 1. The molecule has 2 aromatic rings. The largest absolute Gasteiger partial charge is 0.384 e. The summed E-state index contributed by atoms with van der Waals surface area (Å²) in [4.78, 5) is 14.3. The third kappa shape index (κ3) is 3.02. The molecule has 1 unspecified atom stereocenters. The first-order chi connectivity index (χ1) is 11.1. The van der Waals surface area contributed by atoms with Crippen LogP contribution in [0.2, 0.25) is 0 Å². The molecule has 1 heterocycles. The van der Waals surface area contributed by atoms with Crippen LogP contribution in [0.1, 0.15) is 18.6 Å². The van der Waals surface area contributed by atoms with Crippen LogP contribution >= 0.6 is 15.9 Å². The molecule has 0 aliphatic carbocycles. The highest BCUT2D eigenvalue weighted by Crippen LogP contribution is 2.33. The number of carbonyl (C=O) groups is 1. The van der Waals surface area contributed by atoms with E-state index in [1.807, 2.05) is 55.5 Å². The van der Waals surface area contributed by atoms with Gasteiger partial charge in [-0.15, -0.1) is 0 Å². The number of halogens is 1. The number of likely N-dealkylation sites (N-methyl/N-ethyl adjacent to an activating group) is 1. The average molecular weight is 373 g/mol. The summed E-state index contributed by atoms with van der Waals surface area (Å²) < 4.78 is 0.806. The van der Waals surface area contributed by atoms with Crippen LogP contribution in [0.15, 0.2) is 64.8 Å². The summed E-state index contributed by atoms with van der Waals surface area (Å²) >= 11 is 3.42. The van der Waals surface area contributed by atoms with Crippen LogP contribution in [0.3, 0.4) is 0 Å². The van der Waals surface area contributed by atoms with Gasteiger partial charge < -0.3 is 15.3 Å². The molecule has 1 aliphatic heterocycles. The van der Waals surface area contributed by atoms with Crippen molar-refractivity contribution in [3.63, 3.8) is 0 Å². The Labute approximate surface area is 143 Å². The molecule has 2 N–H and O–H groups in total. The van der Waals surface area contributed by atoms with E-state index in [0.29, 0.717) is 12.2 Å². The van der Waals surface area contributed by atoms with Gasteiger partial charge >= 0.3 is 0 Å². The first-order valence-electron chi connectivity index (χ1n) is 7.44. The lowest BCUT2D eigenvalue weighted by Gasteiger charge is -2.31. The summed E-state index contributed by atoms with van der Waals surface area (Å²) in [6.45, 7) is 2.50. The third-order valence-electron chi connectivity index (χ3n) is 3.80. The molecule has 118 valence electrons. The zero-order valence-electron chi connectivity index (χ0n) is 12.7. The van der Waals surface area contributed by atoms with Gasteiger partial charge in [0, 0.05) is 11.0 Å². The van der Waals surface area contributed by atoms with Gasteiger partial charge in [-0.1, -0.05) is 46.3 Å². The van der Waals surface area contributed by atoms with Gasteiger partial charge in [0.2, 0.25) is 0 Å². The number of nitrogens with zero attached hydrogens (tertiary/aromatic N) is 1. The fraction of sp³-hybridized carbons (Fsp3) is 0.167. The minimum Gasteiger partial charge on any atom is -0.384 e. The maximum Gasteiger partial charge on any atom is 0.274 e. The number of aliphatic hydroxyl groups is 1. The van der Waals surface area contributed by atoms with Gasteiger partial charge in [-0.2, -0.15) is 0 Å². The molecule has 0 fully saturated rings. The molecule has 0 bridgehead atoms. The molecule has 1 aliphatic rings. The Hall–Kier alpha value is -2.11. The number of para-hydroxylation sites is 2. The van der Waals surface area contributed by atoms with Crippen molar-refractivity contribution in [3.8, 4) is 0 Å². The highest BCUT2D eigenvalue weighted by atomic mass is 79.9. The fourth-order valence-corrected chi connectivity index (χ4v) is 3.18. The number of anilines is 2. The number of fused-ring (bicyclic) bond motifs is 1. The van der Waals surface area contributed by atoms with Crippen LogP contribution in [-0.2, 0) is 4.79 Å². The van der Waals surface area contributed by atoms with Gasteiger partial charge in [-0.25, -0.2) is 0 Å². The van der Waals surface area contributed by atoms with Gasteiger partial charge in [0.15, 0.2) is 0 Å². The Bertz CT molecular complexity index is 773. The number of nitrogens with one attached hydrogen (secondary N) is 1. The van der Waals surface area contributed by atoms with Crippen LogP contribution in [0.4, 0.5) is 11.4 Å². The number of benzene rings is 2. The van der Waals surface area contributed by atoms with Crippen LogP contribution in [0.5, 0.6) is 0 Å². The van der Waals surface area contributed by atoms with Crippen molar-refractivity contribution in [2.24, 2.45) is 0 Å². The Morgan fingerprint density at radius 1 is 1.22 bits per heavy atom. The number of aliphatic hydroxyl groups excluding tert-OH is 1. The molecule has 5 heteroatoms. The minimum absolute atomic E-state index is 0.141. The quantitative estimate of drug-likeness (QED) is 0.804. The van der Waals surface area contributed by atoms with Crippen molar-refractivity contribution >= 4 is 33.2 Å². The molecular weight excluding hydrogens is 356 g/mol. The van der Waals surface area contributed by atoms with Crippen LogP contribution in [0.25, 0.3) is 0 Å². The predicted molar refractivity (Wildman–Crippen MR) is 95.3 cm³/mol. The van der Waals surface area contributed by atoms with Crippen molar-refractivity contribution in [1.29, 1.82) is 0 Å². The minimum atomic E-state index is -0.874. The van der Waals surface area contributed by atoms with E-state index >= 15 is 0 Å². The van der Waals surface area contributed by atoms with E-state index in [-0.39, 0.29) is 5.91 Å². The molecule has 3 rings (SSSR count). The summed E-state index contributed by atoms with van der Waals surface area (Å²) in [5, 5.41) is 13.6.